The highest BCUT2D eigenvalue weighted by Crippen LogP contribution is 2.29. The van der Waals surface area contributed by atoms with Crippen molar-refractivity contribution in [2.45, 2.75) is 44.8 Å². The fourth-order valence-corrected chi connectivity index (χ4v) is 2.42. The third kappa shape index (κ3) is 3.85. The molecule has 1 aromatic carbocycles. The van der Waals surface area contributed by atoms with E-state index in [2.05, 4.69) is 10.6 Å². The summed E-state index contributed by atoms with van der Waals surface area (Å²) in [5.74, 6) is 0.0347. The van der Waals surface area contributed by atoms with Gasteiger partial charge in [-0.25, -0.2) is 0 Å². The Morgan fingerprint density at radius 1 is 1.32 bits per heavy atom. The van der Waals surface area contributed by atoms with Crippen LogP contribution in [0.3, 0.4) is 0 Å². The summed E-state index contributed by atoms with van der Waals surface area (Å²) in [5, 5.41) is 7.29. The Hall–Kier alpha value is -0.770. The van der Waals surface area contributed by atoms with Gasteiger partial charge in [-0.05, 0) is 38.3 Å². The maximum Gasteiger partial charge on any atom is 0.237 e. The summed E-state index contributed by atoms with van der Waals surface area (Å²) in [7, 11) is 0. The van der Waals surface area contributed by atoms with Gasteiger partial charge < -0.3 is 5.32 Å². The van der Waals surface area contributed by atoms with Crippen molar-refractivity contribution in [3.8, 4) is 0 Å². The predicted octanol–water partition coefficient (Wildman–Crippen LogP) is 3.31. The number of benzene rings is 1. The zero-order valence-corrected chi connectivity index (χ0v) is 12.6. The van der Waals surface area contributed by atoms with Crippen molar-refractivity contribution in [3.05, 3.63) is 33.8 Å². The molecule has 1 saturated carbocycles. The molecule has 2 rings (SSSR count). The number of carbonyl (C=O) groups excluding carboxylic acids is 1. The molecule has 19 heavy (non-hydrogen) atoms. The number of amides is 1. The summed E-state index contributed by atoms with van der Waals surface area (Å²) in [5.41, 5.74) is 0.903. The normalized spacial score (nSPS) is 17.9. The number of carbonyl (C=O) groups is 1. The van der Waals surface area contributed by atoms with Crippen LogP contribution in [0.15, 0.2) is 18.2 Å². The quantitative estimate of drug-likeness (QED) is 0.876. The molecule has 2 unspecified atom stereocenters. The topological polar surface area (TPSA) is 41.1 Å². The van der Waals surface area contributed by atoms with Crippen LogP contribution in [-0.4, -0.2) is 18.0 Å². The van der Waals surface area contributed by atoms with E-state index in [0.717, 1.165) is 18.4 Å². The number of hydrogen-bond donors (Lipinski definition) is 2. The van der Waals surface area contributed by atoms with Gasteiger partial charge >= 0.3 is 0 Å². The van der Waals surface area contributed by atoms with Gasteiger partial charge in [-0.15, -0.1) is 0 Å². The van der Waals surface area contributed by atoms with E-state index in [4.69, 9.17) is 23.2 Å². The summed E-state index contributed by atoms with van der Waals surface area (Å²) in [6, 6.07) is 5.61. The highest BCUT2D eigenvalue weighted by atomic mass is 35.5. The van der Waals surface area contributed by atoms with Crippen molar-refractivity contribution in [1.29, 1.82) is 0 Å². The Balaban J connectivity index is 1.97. The lowest BCUT2D eigenvalue weighted by Gasteiger charge is -2.21. The van der Waals surface area contributed by atoms with Crippen LogP contribution < -0.4 is 10.6 Å². The number of rotatable bonds is 5. The number of halogens is 2. The van der Waals surface area contributed by atoms with E-state index >= 15 is 0 Å². The highest BCUT2D eigenvalue weighted by molar-refractivity contribution is 6.42. The fourth-order valence-electron chi connectivity index (χ4n) is 1.95. The molecule has 0 spiro atoms. The Bertz CT molecular complexity index is 475. The van der Waals surface area contributed by atoms with Crippen LogP contribution in [0, 0.1) is 0 Å². The van der Waals surface area contributed by atoms with Crippen LogP contribution in [0.1, 0.15) is 38.3 Å². The molecule has 0 aromatic heterocycles. The van der Waals surface area contributed by atoms with Gasteiger partial charge in [0.15, 0.2) is 0 Å². The molecule has 0 bridgehead atoms. The maximum atomic E-state index is 11.9. The minimum Gasteiger partial charge on any atom is -0.352 e. The van der Waals surface area contributed by atoms with E-state index in [0.29, 0.717) is 16.1 Å². The van der Waals surface area contributed by atoms with E-state index < -0.39 is 0 Å². The average Bonchev–Trinajstić information content (AvgIpc) is 3.16. The van der Waals surface area contributed by atoms with Crippen molar-refractivity contribution in [3.63, 3.8) is 0 Å². The summed E-state index contributed by atoms with van der Waals surface area (Å²) in [6.07, 6.45) is 2.18. The largest absolute Gasteiger partial charge is 0.352 e. The predicted molar refractivity (Wildman–Crippen MR) is 78.6 cm³/mol. The molecule has 1 aliphatic carbocycles. The first-order chi connectivity index (χ1) is 8.99. The van der Waals surface area contributed by atoms with Crippen molar-refractivity contribution in [2.24, 2.45) is 0 Å². The molecule has 0 saturated heterocycles. The average molecular weight is 301 g/mol. The van der Waals surface area contributed by atoms with Gasteiger partial charge in [-0.1, -0.05) is 35.3 Å². The second kappa shape index (κ2) is 6.12. The van der Waals surface area contributed by atoms with Gasteiger partial charge in [-0.3, -0.25) is 10.1 Å². The van der Waals surface area contributed by atoms with Gasteiger partial charge in [0.1, 0.15) is 0 Å². The number of nitrogens with one attached hydrogen (secondary N) is 2. The molecule has 0 aliphatic heterocycles. The van der Waals surface area contributed by atoms with Crippen molar-refractivity contribution >= 4 is 29.1 Å². The molecule has 104 valence electrons. The van der Waals surface area contributed by atoms with Crippen LogP contribution in [0.5, 0.6) is 0 Å². The minimum atomic E-state index is -0.259. The van der Waals surface area contributed by atoms with E-state index in [1.54, 1.807) is 6.07 Å². The molecule has 1 aliphatic rings. The maximum absolute atomic E-state index is 11.9. The SMILES string of the molecule is CC(NC(C)c1cccc(Cl)c1Cl)C(=O)NC1CC1. The third-order valence-corrected chi connectivity index (χ3v) is 4.10. The van der Waals surface area contributed by atoms with Gasteiger partial charge in [0.25, 0.3) is 0 Å². The van der Waals surface area contributed by atoms with Crippen LogP contribution in [0.25, 0.3) is 0 Å². The summed E-state index contributed by atoms with van der Waals surface area (Å²) < 4.78 is 0. The first-order valence-corrected chi connectivity index (χ1v) is 7.25. The Morgan fingerprint density at radius 2 is 2.00 bits per heavy atom. The highest BCUT2D eigenvalue weighted by Gasteiger charge is 2.26. The molecule has 0 radical (unpaired) electrons. The van der Waals surface area contributed by atoms with Gasteiger partial charge in [-0.2, -0.15) is 0 Å². The smallest absolute Gasteiger partial charge is 0.237 e. The molecule has 3 nitrogen and oxygen atoms in total. The lowest BCUT2D eigenvalue weighted by molar-refractivity contribution is -0.123. The van der Waals surface area contributed by atoms with Gasteiger partial charge in [0.05, 0.1) is 16.1 Å². The number of hydrogen-bond acceptors (Lipinski definition) is 2. The second-order valence-corrected chi connectivity index (χ2v) is 5.82. The second-order valence-electron chi connectivity index (χ2n) is 5.04. The summed E-state index contributed by atoms with van der Waals surface area (Å²) >= 11 is 12.2. The molecule has 1 amide bonds. The van der Waals surface area contributed by atoms with E-state index in [-0.39, 0.29) is 18.0 Å². The van der Waals surface area contributed by atoms with Crippen LogP contribution in [0.4, 0.5) is 0 Å². The van der Waals surface area contributed by atoms with E-state index in [1.807, 2.05) is 26.0 Å². The fraction of sp³-hybridized carbons (Fsp3) is 0.500. The molecule has 0 heterocycles. The molecule has 1 aromatic rings. The molecule has 2 N–H and O–H groups in total. The molecular weight excluding hydrogens is 283 g/mol. The molecular formula is C14H18Cl2N2O. The summed E-state index contributed by atoms with van der Waals surface area (Å²) in [4.78, 5) is 11.9. The van der Waals surface area contributed by atoms with Crippen molar-refractivity contribution < 1.29 is 4.79 Å². The molecule has 2 atom stereocenters. The zero-order chi connectivity index (χ0) is 14.0. The lowest BCUT2D eigenvalue weighted by Crippen LogP contribution is -2.43. The zero-order valence-electron chi connectivity index (χ0n) is 11.0. The standard InChI is InChI=1S/C14H18Cl2N2O/c1-8(11-4-3-5-12(15)13(11)16)17-9(2)14(19)18-10-6-7-10/h3-5,8-10,17H,6-7H2,1-2H3,(H,18,19). The Labute approximate surface area is 123 Å². The van der Waals surface area contributed by atoms with Gasteiger partial charge in [0, 0.05) is 12.1 Å². The third-order valence-electron chi connectivity index (χ3n) is 3.26. The minimum absolute atomic E-state index is 0.0347. The van der Waals surface area contributed by atoms with Gasteiger partial charge in [0.2, 0.25) is 5.91 Å². The molecule has 5 heteroatoms. The Morgan fingerprint density at radius 3 is 2.63 bits per heavy atom. The van der Waals surface area contributed by atoms with Crippen molar-refractivity contribution in [1.82, 2.24) is 10.6 Å². The summed E-state index contributed by atoms with van der Waals surface area (Å²) in [6.45, 7) is 3.82. The first kappa shape index (κ1) is 14.6. The van der Waals surface area contributed by atoms with Crippen LogP contribution >= 0.6 is 23.2 Å². The van der Waals surface area contributed by atoms with E-state index in [1.165, 1.54) is 0 Å². The lowest BCUT2D eigenvalue weighted by atomic mass is 10.1. The van der Waals surface area contributed by atoms with E-state index in [9.17, 15) is 4.79 Å². The van der Waals surface area contributed by atoms with Crippen LogP contribution in [0.2, 0.25) is 10.0 Å². The Kier molecular flexibility index (Phi) is 4.71. The van der Waals surface area contributed by atoms with Crippen LogP contribution in [-0.2, 0) is 4.79 Å². The first-order valence-electron chi connectivity index (χ1n) is 6.49. The molecule has 1 fully saturated rings. The monoisotopic (exact) mass is 300 g/mol. The van der Waals surface area contributed by atoms with Crippen molar-refractivity contribution in [2.75, 3.05) is 0 Å².